The van der Waals surface area contributed by atoms with Gasteiger partial charge in [-0.25, -0.2) is 0 Å². The molecule has 134 valence electrons. The Bertz CT molecular complexity index is 927. The quantitative estimate of drug-likeness (QED) is 0.685. The van der Waals surface area contributed by atoms with Crippen LogP contribution >= 0.6 is 0 Å². The van der Waals surface area contributed by atoms with Crippen LogP contribution in [0, 0.1) is 0 Å². The van der Waals surface area contributed by atoms with Crippen molar-refractivity contribution < 1.29 is 14.7 Å². The first-order chi connectivity index (χ1) is 12.5. The lowest BCUT2D eigenvalue weighted by Crippen LogP contribution is -2.30. The molecular formula is C20H21N3O3. The Morgan fingerprint density at radius 3 is 2.65 bits per heavy atom. The number of carboxylic acids is 1. The van der Waals surface area contributed by atoms with Gasteiger partial charge in [-0.05, 0) is 28.8 Å². The van der Waals surface area contributed by atoms with Gasteiger partial charge in [0.25, 0.3) is 0 Å². The van der Waals surface area contributed by atoms with E-state index < -0.39 is 12.0 Å². The van der Waals surface area contributed by atoms with Gasteiger partial charge < -0.3 is 10.4 Å². The summed E-state index contributed by atoms with van der Waals surface area (Å²) in [5.41, 5.74) is 1.78. The van der Waals surface area contributed by atoms with E-state index in [9.17, 15) is 14.7 Å². The van der Waals surface area contributed by atoms with E-state index in [4.69, 9.17) is 0 Å². The van der Waals surface area contributed by atoms with Gasteiger partial charge in [-0.15, -0.1) is 0 Å². The number of benzene rings is 2. The topological polar surface area (TPSA) is 84.2 Å². The summed E-state index contributed by atoms with van der Waals surface area (Å²) in [6.45, 7) is 0. The number of hydrogen-bond acceptors (Lipinski definition) is 3. The zero-order valence-corrected chi connectivity index (χ0v) is 14.6. The number of rotatable bonds is 7. The molecule has 6 heteroatoms. The normalized spacial score (nSPS) is 12.0. The minimum absolute atomic E-state index is 0.161. The molecule has 0 fully saturated rings. The summed E-state index contributed by atoms with van der Waals surface area (Å²) < 4.78 is 1.73. The fourth-order valence-corrected chi connectivity index (χ4v) is 3.12. The Hall–Kier alpha value is -3.15. The number of nitrogens with one attached hydrogen (secondary N) is 1. The van der Waals surface area contributed by atoms with Gasteiger partial charge in [-0.3, -0.25) is 14.3 Å². The van der Waals surface area contributed by atoms with Crippen LogP contribution in [0.3, 0.4) is 0 Å². The fraction of sp³-hybridized carbons (Fsp3) is 0.250. The average Bonchev–Trinajstić information content (AvgIpc) is 3.03. The first kappa shape index (κ1) is 17.7. The predicted molar refractivity (Wildman–Crippen MR) is 98.6 cm³/mol. The number of aliphatic carboxylic acids is 1. The lowest BCUT2D eigenvalue weighted by Gasteiger charge is -2.19. The maximum absolute atomic E-state index is 12.4. The average molecular weight is 351 g/mol. The van der Waals surface area contributed by atoms with E-state index in [1.807, 2.05) is 55.6 Å². The van der Waals surface area contributed by atoms with Crippen molar-refractivity contribution in [2.45, 2.75) is 25.3 Å². The SMILES string of the molecule is Cn1nccc1CCC(=O)N[C@H](CC(=O)O)c1cccc2ccccc12. The molecule has 1 amide bonds. The van der Waals surface area contributed by atoms with Crippen molar-refractivity contribution in [3.63, 3.8) is 0 Å². The van der Waals surface area contributed by atoms with Gasteiger partial charge in [-0.1, -0.05) is 42.5 Å². The molecule has 0 unspecified atom stereocenters. The minimum Gasteiger partial charge on any atom is -0.481 e. The zero-order valence-electron chi connectivity index (χ0n) is 14.6. The summed E-state index contributed by atoms with van der Waals surface area (Å²) in [6.07, 6.45) is 2.36. The maximum Gasteiger partial charge on any atom is 0.305 e. The summed E-state index contributed by atoms with van der Waals surface area (Å²) in [5, 5.41) is 18.2. The van der Waals surface area contributed by atoms with E-state index in [1.54, 1.807) is 10.9 Å². The van der Waals surface area contributed by atoms with Crippen LogP contribution in [-0.2, 0) is 23.1 Å². The van der Waals surface area contributed by atoms with Crippen LogP contribution in [0.15, 0.2) is 54.7 Å². The molecule has 0 saturated carbocycles. The Balaban J connectivity index is 1.78. The number of carbonyl (C=O) groups excluding carboxylic acids is 1. The van der Waals surface area contributed by atoms with E-state index in [2.05, 4.69) is 10.4 Å². The molecule has 26 heavy (non-hydrogen) atoms. The number of aryl methyl sites for hydroxylation is 2. The van der Waals surface area contributed by atoms with Crippen molar-refractivity contribution >= 4 is 22.6 Å². The van der Waals surface area contributed by atoms with Gasteiger partial charge in [0.15, 0.2) is 0 Å². The molecule has 0 spiro atoms. The molecule has 1 aromatic heterocycles. The molecule has 0 aliphatic carbocycles. The third kappa shape index (κ3) is 4.08. The van der Waals surface area contributed by atoms with Crippen molar-refractivity contribution in [3.05, 3.63) is 66.0 Å². The Morgan fingerprint density at radius 2 is 1.92 bits per heavy atom. The number of aromatic nitrogens is 2. The minimum atomic E-state index is -0.949. The van der Waals surface area contributed by atoms with Gasteiger partial charge >= 0.3 is 5.97 Å². The number of hydrogen-bond donors (Lipinski definition) is 2. The maximum atomic E-state index is 12.4. The van der Waals surface area contributed by atoms with Gasteiger partial charge in [0.05, 0.1) is 12.5 Å². The van der Waals surface area contributed by atoms with Crippen LogP contribution in [0.4, 0.5) is 0 Å². The number of nitrogens with zero attached hydrogens (tertiary/aromatic N) is 2. The molecular weight excluding hydrogens is 330 g/mol. The second kappa shape index (κ2) is 7.82. The highest BCUT2D eigenvalue weighted by atomic mass is 16.4. The molecule has 1 heterocycles. The molecule has 2 aromatic carbocycles. The second-order valence-corrected chi connectivity index (χ2v) is 6.23. The highest BCUT2D eigenvalue weighted by Crippen LogP contribution is 2.26. The highest BCUT2D eigenvalue weighted by Gasteiger charge is 2.20. The van der Waals surface area contributed by atoms with E-state index >= 15 is 0 Å². The number of amides is 1. The summed E-state index contributed by atoms with van der Waals surface area (Å²) in [7, 11) is 1.83. The van der Waals surface area contributed by atoms with E-state index in [0.29, 0.717) is 6.42 Å². The van der Waals surface area contributed by atoms with Crippen LogP contribution in [0.1, 0.15) is 30.1 Å². The molecule has 1 atom stereocenters. The van der Waals surface area contributed by atoms with Crippen LogP contribution in [0.25, 0.3) is 10.8 Å². The first-order valence-electron chi connectivity index (χ1n) is 8.50. The predicted octanol–water partition coefficient (Wildman–Crippen LogP) is 2.84. The summed E-state index contributed by atoms with van der Waals surface area (Å²) >= 11 is 0. The highest BCUT2D eigenvalue weighted by molar-refractivity contribution is 5.87. The van der Waals surface area contributed by atoms with Gasteiger partial charge in [0.2, 0.25) is 5.91 Å². The van der Waals surface area contributed by atoms with E-state index in [-0.39, 0.29) is 18.7 Å². The second-order valence-electron chi connectivity index (χ2n) is 6.23. The number of carboxylic acid groups (broad SMARTS) is 1. The fourth-order valence-electron chi connectivity index (χ4n) is 3.12. The van der Waals surface area contributed by atoms with Crippen molar-refractivity contribution in [3.8, 4) is 0 Å². The largest absolute Gasteiger partial charge is 0.481 e. The van der Waals surface area contributed by atoms with Crippen molar-refractivity contribution in [2.75, 3.05) is 0 Å². The zero-order chi connectivity index (χ0) is 18.5. The molecule has 0 aliphatic rings. The standard InChI is InChI=1S/C20H21N3O3/c1-23-15(11-12-21-23)9-10-19(24)22-18(13-20(25)26)17-8-4-6-14-5-2-3-7-16(14)17/h2-8,11-12,18H,9-10,13H2,1H3,(H,22,24)(H,25,26)/t18-/m1/s1. The summed E-state index contributed by atoms with van der Waals surface area (Å²) in [5.74, 6) is -1.12. The van der Waals surface area contributed by atoms with Crippen LogP contribution in [0.2, 0.25) is 0 Å². The van der Waals surface area contributed by atoms with Gasteiger partial charge in [0, 0.05) is 25.4 Å². The molecule has 0 bridgehead atoms. The number of fused-ring (bicyclic) bond motifs is 1. The molecule has 3 aromatic rings. The lowest BCUT2D eigenvalue weighted by molar-refractivity contribution is -0.137. The smallest absolute Gasteiger partial charge is 0.305 e. The summed E-state index contributed by atoms with van der Waals surface area (Å²) in [4.78, 5) is 23.7. The van der Waals surface area contributed by atoms with Crippen LogP contribution in [-0.4, -0.2) is 26.8 Å². The molecule has 0 aliphatic heterocycles. The molecule has 0 radical (unpaired) electrons. The molecule has 6 nitrogen and oxygen atoms in total. The van der Waals surface area contributed by atoms with Crippen molar-refractivity contribution in [1.29, 1.82) is 0 Å². The van der Waals surface area contributed by atoms with Crippen molar-refractivity contribution in [1.82, 2.24) is 15.1 Å². The van der Waals surface area contributed by atoms with Crippen molar-refractivity contribution in [2.24, 2.45) is 7.05 Å². The first-order valence-corrected chi connectivity index (χ1v) is 8.50. The van der Waals surface area contributed by atoms with Gasteiger partial charge in [0.1, 0.15) is 0 Å². The Kier molecular flexibility index (Phi) is 5.31. The number of carbonyl (C=O) groups is 2. The Labute approximate surface area is 151 Å². The molecule has 3 rings (SSSR count). The third-order valence-electron chi connectivity index (χ3n) is 4.44. The van der Waals surface area contributed by atoms with Crippen LogP contribution < -0.4 is 5.32 Å². The molecule has 0 saturated heterocycles. The van der Waals surface area contributed by atoms with Crippen LogP contribution in [0.5, 0.6) is 0 Å². The van der Waals surface area contributed by atoms with E-state index in [0.717, 1.165) is 22.0 Å². The molecule has 2 N–H and O–H groups in total. The Morgan fingerprint density at radius 1 is 1.15 bits per heavy atom. The summed E-state index contributed by atoms with van der Waals surface area (Å²) in [6, 6.07) is 14.8. The van der Waals surface area contributed by atoms with Gasteiger partial charge in [-0.2, -0.15) is 5.10 Å². The third-order valence-corrected chi connectivity index (χ3v) is 4.44. The lowest BCUT2D eigenvalue weighted by atomic mass is 9.96. The monoisotopic (exact) mass is 351 g/mol. The van der Waals surface area contributed by atoms with E-state index in [1.165, 1.54) is 0 Å².